The van der Waals surface area contributed by atoms with Gasteiger partial charge in [-0.25, -0.2) is 0 Å². The van der Waals surface area contributed by atoms with Gasteiger partial charge in [0.05, 0.1) is 6.20 Å². The van der Waals surface area contributed by atoms with E-state index < -0.39 is 0 Å². The maximum absolute atomic E-state index is 3.98. The minimum Gasteiger partial charge on any atom is -0.285 e. The molecule has 0 bridgehead atoms. The summed E-state index contributed by atoms with van der Waals surface area (Å²) in [5.41, 5.74) is 2.51. The van der Waals surface area contributed by atoms with Crippen molar-refractivity contribution in [3.05, 3.63) is 35.9 Å². The van der Waals surface area contributed by atoms with Gasteiger partial charge < -0.3 is 0 Å². The molecule has 2 atom stereocenters. The van der Waals surface area contributed by atoms with Gasteiger partial charge in [0.1, 0.15) is 0 Å². The molecule has 0 saturated heterocycles. The van der Waals surface area contributed by atoms with E-state index in [2.05, 4.69) is 34.2 Å². The van der Waals surface area contributed by atoms with Gasteiger partial charge in [0.15, 0.2) is 0 Å². The molecule has 2 aromatic heterocycles. The highest BCUT2D eigenvalue weighted by atomic mass is 15.1. The fourth-order valence-corrected chi connectivity index (χ4v) is 1.89. The summed E-state index contributed by atoms with van der Waals surface area (Å²) in [6.45, 7) is 4.47. The lowest BCUT2D eigenvalue weighted by atomic mass is 9.93. The molecule has 4 nitrogen and oxygen atoms in total. The van der Waals surface area contributed by atoms with Gasteiger partial charge in [-0.2, -0.15) is 10.2 Å². The van der Waals surface area contributed by atoms with Crippen LogP contribution >= 0.6 is 0 Å². The Morgan fingerprint density at radius 3 is 2.62 bits per heavy atom. The van der Waals surface area contributed by atoms with Crippen molar-refractivity contribution in [3.8, 4) is 0 Å². The second kappa shape index (κ2) is 4.96. The van der Waals surface area contributed by atoms with Crippen LogP contribution in [0.4, 0.5) is 0 Å². The first-order valence-corrected chi connectivity index (χ1v) is 5.75. The predicted octanol–water partition coefficient (Wildman–Crippen LogP) is 2.82. The number of nitrogens with zero attached hydrogens (tertiary/aromatic N) is 2. The highest BCUT2D eigenvalue weighted by molar-refractivity contribution is 5.10. The first-order chi connectivity index (χ1) is 7.77. The molecule has 0 fully saturated rings. The molecule has 0 aliphatic rings. The van der Waals surface area contributed by atoms with Gasteiger partial charge in [-0.1, -0.05) is 13.8 Å². The standard InChI is InChI=1S/C12H18N4/c1-9(11-7-14-15-8-11)3-4-10(2)12-5-6-13-16-12/h5-10H,3-4H2,1-2H3,(H,13,16)(H,14,15). The van der Waals surface area contributed by atoms with Crippen molar-refractivity contribution in [1.29, 1.82) is 0 Å². The van der Waals surface area contributed by atoms with Crippen LogP contribution in [0.15, 0.2) is 24.7 Å². The van der Waals surface area contributed by atoms with E-state index in [1.54, 1.807) is 0 Å². The Morgan fingerprint density at radius 1 is 1.19 bits per heavy atom. The van der Waals surface area contributed by atoms with Crippen molar-refractivity contribution in [1.82, 2.24) is 20.4 Å². The molecule has 2 rings (SSSR count). The number of aromatic amines is 2. The molecular formula is C12H18N4. The van der Waals surface area contributed by atoms with Gasteiger partial charge in [-0.3, -0.25) is 10.2 Å². The summed E-state index contributed by atoms with van der Waals surface area (Å²) in [6.07, 6.45) is 8.02. The Kier molecular flexibility index (Phi) is 3.39. The first kappa shape index (κ1) is 10.9. The average molecular weight is 218 g/mol. The van der Waals surface area contributed by atoms with Gasteiger partial charge in [-0.15, -0.1) is 0 Å². The molecule has 0 saturated carbocycles. The van der Waals surface area contributed by atoms with Crippen LogP contribution < -0.4 is 0 Å². The Balaban J connectivity index is 1.84. The molecule has 2 N–H and O–H groups in total. The maximum Gasteiger partial charge on any atom is 0.0521 e. The molecule has 2 unspecified atom stereocenters. The van der Waals surface area contributed by atoms with E-state index in [1.807, 2.05) is 24.7 Å². The zero-order valence-corrected chi connectivity index (χ0v) is 9.77. The fourth-order valence-electron chi connectivity index (χ4n) is 1.89. The third kappa shape index (κ3) is 2.51. The predicted molar refractivity (Wildman–Crippen MR) is 63.2 cm³/mol. The minimum atomic E-state index is 0.539. The van der Waals surface area contributed by atoms with Gasteiger partial charge >= 0.3 is 0 Å². The summed E-state index contributed by atoms with van der Waals surface area (Å²) in [5, 5.41) is 13.8. The molecule has 0 aliphatic heterocycles. The van der Waals surface area contributed by atoms with E-state index in [-0.39, 0.29) is 0 Å². The normalized spacial score (nSPS) is 14.9. The summed E-state index contributed by atoms with van der Waals surface area (Å²) >= 11 is 0. The Labute approximate surface area is 95.5 Å². The number of H-pyrrole nitrogens is 2. The summed E-state index contributed by atoms with van der Waals surface area (Å²) in [5.74, 6) is 1.10. The molecule has 0 amide bonds. The van der Waals surface area contributed by atoms with E-state index in [0.29, 0.717) is 11.8 Å². The SMILES string of the molecule is CC(CCC(C)c1ccn[nH]1)c1cn[nH]c1. The van der Waals surface area contributed by atoms with E-state index in [9.17, 15) is 0 Å². The van der Waals surface area contributed by atoms with Crippen molar-refractivity contribution in [2.45, 2.75) is 38.5 Å². The van der Waals surface area contributed by atoms with E-state index >= 15 is 0 Å². The largest absolute Gasteiger partial charge is 0.285 e. The third-order valence-corrected chi connectivity index (χ3v) is 3.17. The zero-order chi connectivity index (χ0) is 11.4. The van der Waals surface area contributed by atoms with Crippen LogP contribution in [0.1, 0.15) is 49.8 Å². The van der Waals surface area contributed by atoms with Gasteiger partial charge in [-0.05, 0) is 36.3 Å². The molecule has 86 valence electrons. The number of rotatable bonds is 5. The van der Waals surface area contributed by atoms with E-state index in [1.165, 1.54) is 17.7 Å². The van der Waals surface area contributed by atoms with Crippen molar-refractivity contribution in [3.63, 3.8) is 0 Å². The molecule has 2 heterocycles. The summed E-state index contributed by atoms with van der Waals surface area (Å²) in [7, 11) is 0. The second-order valence-corrected chi connectivity index (χ2v) is 4.42. The smallest absolute Gasteiger partial charge is 0.0521 e. The van der Waals surface area contributed by atoms with Crippen LogP contribution in [0, 0.1) is 0 Å². The number of hydrogen-bond donors (Lipinski definition) is 2. The summed E-state index contributed by atoms with van der Waals surface area (Å²) in [6, 6.07) is 2.05. The molecule has 0 aliphatic carbocycles. The summed E-state index contributed by atoms with van der Waals surface area (Å²) in [4.78, 5) is 0. The maximum atomic E-state index is 3.98. The Hall–Kier alpha value is -1.58. The van der Waals surface area contributed by atoms with Crippen molar-refractivity contribution < 1.29 is 0 Å². The van der Waals surface area contributed by atoms with Gasteiger partial charge in [0.25, 0.3) is 0 Å². The molecule has 0 spiro atoms. The van der Waals surface area contributed by atoms with Crippen molar-refractivity contribution in [2.75, 3.05) is 0 Å². The van der Waals surface area contributed by atoms with Crippen molar-refractivity contribution >= 4 is 0 Å². The highest BCUT2D eigenvalue weighted by Gasteiger charge is 2.11. The minimum absolute atomic E-state index is 0.539. The lowest BCUT2D eigenvalue weighted by molar-refractivity contribution is 0.564. The highest BCUT2D eigenvalue weighted by Crippen LogP contribution is 2.25. The van der Waals surface area contributed by atoms with E-state index in [0.717, 1.165) is 6.42 Å². The van der Waals surface area contributed by atoms with Crippen LogP contribution in [0.5, 0.6) is 0 Å². The molecule has 16 heavy (non-hydrogen) atoms. The van der Waals surface area contributed by atoms with Crippen LogP contribution in [0.2, 0.25) is 0 Å². The lowest BCUT2D eigenvalue weighted by Gasteiger charge is -2.13. The van der Waals surface area contributed by atoms with Gasteiger partial charge in [0, 0.05) is 18.1 Å². The van der Waals surface area contributed by atoms with Gasteiger partial charge in [0.2, 0.25) is 0 Å². The van der Waals surface area contributed by atoms with Crippen LogP contribution in [0.25, 0.3) is 0 Å². The Bertz CT molecular complexity index is 350. The molecular weight excluding hydrogens is 200 g/mol. The number of aromatic nitrogens is 4. The quantitative estimate of drug-likeness (QED) is 0.810. The Morgan fingerprint density at radius 2 is 2.00 bits per heavy atom. The molecule has 0 radical (unpaired) electrons. The topological polar surface area (TPSA) is 57.4 Å². The second-order valence-electron chi connectivity index (χ2n) is 4.42. The van der Waals surface area contributed by atoms with Crippen molar-refractivity contribution in [2.24, 2.45) is 0 Å². The molecule has 0 aromatic carbocycles. The summed E-state index contributed by atoms with van der Waals surface area (Å²) < 4.78 is 0. The third-order valence-electron chi connectivity index (χ3n) is 3.17. The number of hydrogen-bond acceptors (Lipinski definition) is 2. The first-order valence-electron chi connectivity index (χ1n) is 5.75. The lowest BCUT2D eigenvalue weighted by Crippen LogP contribution is -1.98. The van der Waals surface area contributed by atoms with Crippen LogP contribution in [-0.4, -0.2) is 20.4 Å². The fraction of sp³-hybridized carbons (Fsp3) is 0.500. The average Bonchev–Trinajstić information content (AvgIpc) is 2.95. The monoisotopic (exact) mass is 218 g/mol. The van der Waals surface area contributed by atoms with Crippen LogP contribution in [-0.2, 0) is 0 Å². The van der Waals surface area contributed by atoms with Crippen LogP contribution in [0.3, 0.4) is 0 Å². The van der Waals surface area contributed by atoms with E-state index in [4.69, 9.17) is 0 Å². The zero-order valence-electron chi connectivity index (χ0n) is 9.77. The number of nitrogens with one attached hydrogen (secondary N) is 2. The molecule has 4 heteroatoms. The molecule has 2 aromatic rings.